The monoisotopic (exact) mass is 463 g/mol. The van der Waals surface area contributed by atoms with Crippen LogP contribution in [-0.2, 0) is 4.74 Å². The molecular weight excluding hydrogens is 426 g/mol. The van der Waals surface area contributed by atoms with Crippen molar-refractivity contribution in [1.29, 1.82) is 0 Å². The van der Waals surface area contributed by atoms with Gasteiger partial charge in [0, 0.05) is 37.1 Å². The molecule has 1 aromatic carbocycles. The van der Waals surface area contributed by atoms with Gasteiger partial charge in [0.05, 0.1) is 6.21 Å². The van der Waals surface area contributed by atoms with Gasteiger partial charge in [-0.15, -0.1) is 0 Å². The molecule has 1 atom stereocenters. The van der Waals surface area contributed by atoms with E-state index in [2.05, 4.69) is 77.7 Å². The van der Waals surface area contributed by atoms with Crippen molar-refractivity contribution in [3.8, 4) is 5.88 Å². The van der Waals surface area contributed by atoms with Crippen molar-refractivity contribution in [2.75, 3.05) is 26.3 Å². The molecule has 3 rings (SSSR count). The van der Waals surface area contributed by atoms with Gasteiger partial charge >= 0.3 is 0 Å². The van der Waals surface area contributed by atoms with E-state index in [-0.39, 0.29) is 0 Å². The standard InChI is InChI=1S/C27H37N5O2/c1-5-14-32(15-6-2)24-19-26(34-17-16-33-25-12-7-8-13-28-25)30-27(4,20-24)31-29-21-23-11-9-10-22(3)18-23/h7-13,18-21,30-31H,5-6,14-17H2,1-4H3/b29-21+. The van der Waals surface area contributed by atoms with Gasteiger partial charge in [0.2, 0.25) is 5.88 Å². The predicted octanol–water partition coefficient (Wildman–Crippen LogP) is 4.58. The molecule has 1 unspecified atom stereocenters. The SMILES string of the molecule is CCCN(CCC)C1=CC(C)(N/N=C/c2cccc(C)c2)NC(OCCOc2ccccn2)=C1. The lowest BCUT2D eigenvalue weighted by atomic mass is 10.1. The van der Waals surface area contributed by atoms with Gasteiger partial charge in [0.15, 0.2) is 5.88 Å². The molecule has 0 spiro atoms. The third kappa shape index (κ3) is 7.83. The van der Waals surface area contributed by atoms with Gasteiger partial charge in [-0.3, -0.25) is 5.43 Å². The molecule has 0 radical (unpaired) electrons. The van der Waals surface area contributed by atoms with E-state index in [1.807, 2.05) is 36.5 Å². The van der Waals surface area contributed by atoms with Crippen molar-refractivity contribution >= 4 is 6.21 Å². The first kappa shape index (κ1) is 25.1. The van der Waals surface area contributed by atoms with Gasteiger partial charge in [0.25, 0.3) is 0 Å². The zero-order valence-electron chi connectivity index (χ0n) is 20.8. The smallest absolute Gasteiger partial charge is 0.213 e. The molecule has 7 nitrogen and oxygen atoms in total. The van der Waals surface area contributed by atoms with E-state index in [0.29, 0.717) is 25.0 Å². The highest BCUT2D eigenvalue weighted by Crippen LogP contribution is 2.21. The summed E-state index contributed by atoms with van der Waals surface area (Å²) in [6, 6.07) is 13.8. The Balaban J connectivity index is 1.69. The van der Waals surface area contributed by atoms with Crippen LogP contribution in [0.15, 0.2) is 77.5 Å². The highest BCUT2D eigenvalue weighted by Gasteiger charge is 2.28. The van der Waals surface area contributed by atoms with Crippen LogP contribution in [0.2, 0.25) is 0 Å². The topological polar surface area (TPSA) is 71.0 Å². The number of nitrogens with one attached hydrogen (secondary N) is 2. The lowest BCUT2D eigenvalue weighted by molar-refractivity contribution is 0.124. The fourth-order valence-corrected chi connectivity index (χ4v) is 3.75. The number of nitrogens with zero attached hydrogens (tertiary/aromatic N) is 3. The Kier molecular flexibility index (Phi) is 9.38. The number of hydrogen-bond acceptors (Lipinski definition) is 7. The molecule has 0 saturated heterocycles. The molecule has 0 bridgehead atoms. The van der Waals surface area contributed by atoms with Crippen LogP contribution >= 0.6 is 0 Å². The summed E-state index contributed by atoms with van der Waals surface area (Å²) >= 11 is 0. The minimum absolute atomic E-state index is 0.396. The summed E-state index contributed by atoms with van der Waals surface area (Å²) in [6.45, 7) is 11.3. The quantitative estimate of drug-likeness (QED) is 0.258. The summed E-state index contributed by atoms with van der Waals surface area (Å²) in [7, 11) is 0. The van der Waals surface area contributed by atoms with Crippen molar-refractivity contribution in [3.63, 3.8) is 0 Å². The number of aryl methyl sites for hydroxylation is 1. The van der Waals surface area contributed by atoms with Gasteiger partial charge in [-0.05, 0) is 44.4 Å². The van der Waals surface area contributed by atoms with Crippen LogP contribution in [0, 0.1) is 6.92 Å². The van der Waals surface area contributed by atoms with Gasteiger partial charge in [-0.2, -0.15) is 5.10 Å². The number of ether oxygens (including phenoxy) is 2. The molecule has 0 amide bonds. The molecule has 2 N–H and O–H groups in total. The van der Waals surface area contributed by atoms with E-state index in [4.69, 9.17) is 9.47 Å². The van der Waals surface area contributed by atoms with Gasteiger partial charge in [-0.1, -0.05) is 49.7 Å². The first-order valence-corrected chi connectivity index (χ1v) is 12.0. The molecule has 1 aliphatic rings. The Morgan fingerprint density at radius 3 is 2.59 bits per heavy atom. The molecule has 2 aromatic rings. The van der Waals surface area contributed by atoms with Crippen molar-refractivity contribution in [3.05, 3.63) is 83.5 Å². The molecule has 1 aromatic heterocycles. The molecule has 1 aliphatic heterocycles. The summed E-state index contributed by atoms with van der Waals surface area (Å²) in [5, 5.41) is 7.95. The molecule has 0 saturated carbocycles. The van der Waals surface area contributed by atoms with E-state index in [9.17, 15) is 0 Å². The summed E-state index contributed by atoms with van der Waals surface area (Å²) in [5.41, 5.74) is 6.03. The van der Waals surface area contributed by atoms with E-state index in [1.54, 1.807) is 6.20 Å². The van der Waals surface area contributed by atoms with Crippen LogP contribution in [0.1, 0.15) is 44.7 Å². The van der Waals surface area contributed by atoms with Crippen molar-refractivity contribution < 1.29 is 9.47 Å². The minimum Gasteiger partial charge on any atom is -0.475 e. The molecule has 0 aliphatic carbocycles. The number of benzene rings is 1. The Bertz CT molecular complexity index is 984. The maximum atomic E-state index is 6.06. The van der Waals surface area contributed by atoms with Crippen molar-refractivity contribution in [2.24, 2.45) is 5.10 Å². The maximum absolute atomic E-state index is 6.06. The van der Waals surface area contributed by atoms with Crippen LogP contribution in [0.5, 0.6) is 5.88 Å². The van der Waals surface area contributed by atoms with Crippen LogP contribution in [0.25, 0.3) is 0 Å². The highest BCUT2D eigenvalue weighted by atomic mass is 16.5. The van der Waals surface area contributed by atoms with Gasteiger partial charge in [-0.25, -0.2) is 4.98 Å². The average molecular weight is 464 g/mol. The molecule has 34 heavy (non-hydrogen) atoms. The Labute approximate surface area is 203 Å². The Morgan fingerprint density at radius 2 is 1.88 bits per heavy atom. The van der Waals surface area contributed by atoms with E-state index < -0.39 is 5.66 Å². The predicted molar refractivity (Wildman–Crippen MR) is 137 cm³/mol. The first-order valence-electron chi connectivity index (χ1n) is 12.0. The number of rotatable bonds is 13. The highest BCUT2D eigenvalue weighted by molar-refractivity contribution is 5.79. The van der Waals surface area contributed by atoms with Gasteiger partial charge in [0.1, 0.15) is 18.9 Å². The van der Waals surface area contributed by atoms with Crippen LogP contribution < -0.4 is 15.5 Å². The number of hydrogen-bond donors (Lipinski definition) is 2. The second-order valence-electron chi connectivity index (χ2n) is 8.54. The fourth-order valence-electron chi connectivity index (χ4n) is 3.75. The molecule has 7 heteroatoms. The van der Waals surface area contributed by atoms with Crippen molar-refractivity contribution in [1.82, 2.24) is 20.6 Å². The molecule has 0 fully saturated rings. The Hall–Kier alpha value is -3.48. The van der Waals surface area contributed by atoms with E-state index >= 15 is 0 Å². The Morgan fingerprint density at radius 1 is 1.09 bits per heavy atom. The lowest BCUT2D eigenvalue weighted by Crippen LogP contribution is -2.53. The number of aromatic nitrogens is 1. The van der Waals surface area contributed by atoms with E-state index in [1.165, 1.54) is 5.56 Å². The number of hydrazone groups is 1. The summed E-state index contributed by atoms with van der Waals surface area (Å²) in [6.07, 6.45) is 9.92. The summed E-state index contributed by atoms with van der Waals surface area (Å²) < 4.78 is 11.7. The molecule has 2 heterocycles. The fraction of sp³-hybridized carbons (Fsp3) is 0.407. The van der Waals surface area contributed by atoms with Crippen LogP contribution in [-0.4, -0.2) is 48.1 Å². The van der Waals surface area contributed by atoms with Crippen LogP contribution in [0.4, 0.5) is 0 Å². The largest absolute Gasteiger partial charge is 0.475 e. The molecular formula is C27H37N5O2. The number of pyridine rings is 1. The summed E-state index contributed by atoms with van der Waals surface area (Å²) in [5.74, 6) is 1.27. The number of allylic oxidation sites excluding steroid dienone is 1. The van der Waals surface area contributed by atoms with E-state index in [0.717, 1.165) is 37.2 Å². The van der Waals surface area contributed by atoms with Gasteiger partial charge < -0.3 is 19.7 Å². The second-order valence-corrected chi connectivity index (χ2v) is 8.54. The summed E-state index contributed by atoms with van der Waals surface area (Å²) in [4.78, 5) is 6.56. The average Bonchev–Trinajstić information content (AvgIpc) is 2.82. The zero-order chi connectivity index (χ0) is 24.2. The van der Waals surface area contributed by atoms with Crippen LogP contribution in [0.3, 0.4) is 0 Å². The minimum atomic E-state index is -0.610. The molecule has 182 valence electrons. The third-order valence-electron chi connectivity index (χ3n) is 5.23. The lowest BCUT2D eigenvalue weighted by Gasteiger charge is -2.36. The normalized spacial score (nSPS) is 17.5. The van der Waals surface area contributed by atoms with Crippen molar-refractivity contribution in [2.45, 2.75) is 46.2 Å². The number of dihydropyridines is 1. The second kappa shape index (κ2) is 12.7. The first-order chi connectivity index (χ1) is 16.5. The third-order valence-corrected chi connectivity index (χ3v) is 5.23. The zero-order valence-corrected chi connectivity index (χ0v) is 20.8. The maximum Gasteiger partial charge on any atom is 0.213 e.